The Balaban J connectivity index is 3.19. The average molecular weight is 204 g/mol. The van der Waals surface area contributed by atoms with Crippen molar-refractivity contribution in [2.45, 2.75) is 12.5 Å². The standard InChI is InChI=1S/C5H2F6N2/c6-4(7,8)3-1-12-2-13(3)5(9,10)11/h1-2H. The summed E-state index contributed by atoms with van der Waals surface area (Å²) >= 11 is 0. The Labute approximate surface area is 67.8 Å². The normalized spacial score (nSPS) is 13.4. The third kappa shape index (κ3) is 1.93. The van der Waals surface area contributed by atoms with Crippen LogP contribution in [0.4, 0.5) is 26.3 Å². The molecule has 0 aliphatic rings. The van der Waals surface area contributed by atoms with Gasteiger partial charge in [-0.2, -0.15) is 13.2 Å². The van der Waals surface area contributed by atoms with E-state index in [1.165, 1.54) is 0 Å². The first-order valence-corrected chi connectivity index (χ1v) is 2.89. The minimum atomic E-state index is -5.10. The molecule has 0 atom stereocenters. The molecule has 2 nitrogen and oxygen atoms in total. The van der Waals surface area contributed by atoms with Crippen LogP contribution in [0.25, 0.3) is 0 Å². The van der Waals surface area contributed by atoms with E-state index < -0.39 is 22.7 Å². The molecule has 0 fully saturated rings. The first kappa shape index (κ1) is 9.87. The van der Waals surface area contributed by atoms with Gasteiger partial charge in [0.2, 0.25) is 0 Å². The van der Waals surface area contributed by atoms with Crippen molar-refractivity contribution in [2.24, 2.45) is 0 Å². The van der Waals surface area contributed by atoms with E-state index in [2.05, 4.69) is 4.98 Å². The van der Waals surface area contributed by atoms with Gasteiger partial charge in [0.05, 0.1) is 6.20 Å². The molecule has 0 N–H and O–H groups in total. The molecular weight excluding hydrogens is 202 g/mol. The molecule has 0 saturated carbocycles. The lowest BCUT2D eigenvalue weighted by atomic mass is 10.4. The van der Waals surface area contributed by atoms with E-state index in [9.17, 15) is 26.3 Å². The highest BCUT2D eigenvalue weighted by molar-refractivity contribution is 5.03. The van der Waals surface area contributed by atoms with Gasteiger partial charge in [0.25, 0.3) is 0 Å². The molecule has 0 aromatic carbocycles. The zero-order chi connectivity index (χ0) is 10.3. The van der Waals surface area contributed by atoms with Crippen molar-refractivity contribution in [3.8, 4) is 0 Å². The number of halogens is 6. The first-order chi connectivity index (χ1) is 5.73. The lowest BCUT2D eigenvalue weighted by Gasteiger charge is -2.12. The summed E-state index contributed by atoms with van der Waals surface area (Å²) in [5.41, 5.74) is -1.83. The quantitative estimate of drug-likeness (QED) is 0.593. The molecule has 0 saturated heterocycles. The Morgan fingerprint density at radius 2 is 1.62 bits per heavy atom. The number of nitrogens with zero attached hydrogens (tertiary/aromatic N) is 2. The van der Waals surface area contributed by atoms with Crippen LogP contribution < -0.4 is 0 Å². The van der Waals surface area contributed by atoms with E-state index in [1.807, 2.05) is 0 Å². The summed E-state index contributed by atoms with van der Waals surface area (Å²) in [5, 5.41) is 0. The Kier molecular flexibility index (Phi) is 2.01. The number of hydrogen-bond donors (Lipinski definition) is 0. The number of aromatic nitrogens is 2. The second kappa shape index (κ2) is 2.64. The number of hydrogen-bond acceptors (Lipinski definition) is 1. The molecule has 0 bridgehead atoms. The molecule has 8 heteroatoms. The van der Waals surface area contributed by atoms with Gasteiger partial charge in [-0.15, -0.1) is 13.2 Å². The maximum absolute atomic E-state index is 11.9. The van der Waals surface area contributed by atoms with Gasteiger partial charge in [-0.1, -0.05) is 0 Å². The Hall–Kier alpha value is -1.21. The van der Waals surface area contributed by atoms with Crippen LogP contribution in [-0.4, -0.2) is 9.55 Å². The van der Waals surface area contributed by atoms with Crippen LogP contribution in [0.3, 0.4) is 0 Å². The van der Waals surface area contributed by atoms with Gasteiger partial charge in [-0.25, -0.2) is 9.55 Å². The molecule has 0 aliphatic heterocycles. The lowest BCUT2D eigenvalue weighted by Crippen LogP contribution is -2.23. The molecule has 74 valence electrons. The topological polar surface area (TPSA) is 17.8 Å². The Morgan fingerprint density at radius 3 is 1.92 bits per heavy atom. The highest BCUT2D eigenvalue weighted by Crippen LogP contribution is 2.34. The molecule has 1 aromatic heterocycles. The summed E-state index contributed by atoms with van der Waals surface area (Å²) in [6.07, 6.45) is -9.95. The molecule has 0 amide bonds. The van der Waals surface area contributed by atoms with Crippen LogP contribution >= 0.6 is 0 Å². The molecule has 0 radical (unpaired) electrons. The fourth-order valence-corrected chi connectivity index (χ4v) is 0.707. The van der Waals surface area contributed by atoms with Gasteiger partial charge in [0, 0.05) is 0 Å². The molecule has 13 heavy (non-hydrogen) atoms. The van der Waals surface area contributed by atoms with E-state index in [-0.39, 0.29) is 12.5 Å². The van der Waals surface area contributed by atoms with Crippen molar-refractivity contribution >= 4 is 0 Å². The van der Waals surface area contributed by atoms with Gasteiger partial charge in [0.15, 0.2) is 0 Å². The van der Waals surface area contributed by atoms with E-state index in [0.29, 0.717) is 0 Å². The number of rotatable bonds is 0. The summed E-state index contributed by atoms with van der Waals surface area (Å²) < 4.78 is 70.2. The largest absolute Gasteiger partial charge is 0.490 e. The molecule has 1 heterocycles. The van der Waals surface area contributed by atoms with Gasteiger partial charge in [-0.3, -0.25) is 0 Å². The van der Waals surface area contributed by atoms with Crippen LogP contribution in [0, 0.1) is 0 Å². The lowest BCUT2D eigenvalue weighted by molar-refractivity contribution is -0.221. The fraction of sp³-hybridized carbons (Fsp3) is 0.400. The van der Waals surface area contributed by atoms with Crippen LogP contribution in [0.2, 0.25) is 0 Å². The van der Waals surface area contributed by atoms with Crippen molar-refractivity contribution in [1.82, 2.24) is 9.55 Å². The second-order valence-corrected chi connectivity index (χ2v) is 2.11. The fourth-order valence-electron chi connectivity index (χ4n) is 0.707. The predicted octanol–water partition coefficient (Wildman–Crippen LogP) is 2.38. The maximum atomic E-state index is 11.9. The summed E-state index contributed by atoms with van der Waals surface area (Å²) in [6.45, 7) is 0. The predicted molar refractivity (Wildman–Crippen MR) is 28.5 cm³/mol. The zero-order valence-electron chi connectivity index (χ0n) is 5.82. The minimum Gasteiger partial charge on any atom is -0.244 e. The molecular formula is C5H2F6N2. The van der Waals surface area contributed by atoms with Crippen LogP contribution in [0.5, 0.6) is 0 Å². The van der Waals surface area contributed by atoms with E-state index in [0.717, 1.165) is 0 Å². The van der Waals surface area contributed by atoms with Crippen molar-refractivity contribution in [2.75, 3.05) is 0 Å². The van der Waals surface area contributed by atoms with Crippen LogP contribution in [0.1, 0.15) is 5.69 Å². The summed E-state index contributed by atoms with van der Waals surface area (Å²) in [5.74, 6) is 0. The van der Waals surface area contributed by atoms with E-state index in [1.54, 1.807) is 0 Å². The summed E-state index contributed by atoms with van der Waals surface area (Å²) in [7, 11) is 0. The summed E-state index contributed by atoms with van der Waals surface area (Å²) in [4.78, 5) is 2.78. The maximum Gasteiger partial charge on any atom is 0.490 e. The molecule has 1 rings (SSSR count). The minimum absolute atomic E-state index is 0.0722. The molecule has 0 spiro atoms. The third-order valence-corrected chi connectivity index (χ3v) is 1.20. The molecule has 1 aromatic rings. The average Bonchev–Trinajstić information content (AvgIpc) is 2.27. The van der Waals surface area contributed by atoms with Gasteiger partial charge in [0.1, 0.15) is 12.0 Å². The van der Waals surface area contributed by atoms with Crippen molar-refractivity contribution in [3.05, 3.63) is 18.2 Å². The van der Waals surface area contributed by atoms with Crippen molar-refractivity contribution in [3.63, 3.8) is 0 Å². The van der Waals surface area contributed by atoms with Crippen LogP contribution in [-0.2, 0) is 12.5 Å². The van der Waals surface area contributed by atoms with Crippen LogP contribution in [0.15, 0.2) is 12.5 Å². The third-order valence-electron chi connectivity index (χ3n) is 1.20. The molecule has 0 unspecified atom stereocenters. The van der Waals surface area contributed by atoms with Crippen molar-refractivity contribution in [1.29, 1.82) is 0 Å². The monoisotopic (exact) mass is 204 g/mol. The first-order valence-electron chi connectivity index (χ1n) is 2.89. The van der Waals surface area contributed by atoms with E-state index in [4.69, 9.17) is 0 Å². The Morgan fingerprint density at radius 1 is 1.08 bits per heavy atom. The SMILES string of the molecule is FC(F)(F)c1cncn1C(F)(F)F. The van der Waals surface area contributed by atoms with Gasteiger partial charge >= 0.3 is 12.5 Å². The van der Waals surface area contributed by atoms with Gasteiger partial charge in [-0.05, 0) is 0 Å². The van der Waals surface area contributed by atoms with Gasteiger partial charge < -0.3 is 0 Å². The Bertz CT molecular complexity index is 266. The molecule has 0 aliphatic carbocycles. The van der Waals surface area contributed by atoms with Crippen molar-refractivity contribution < 1.29 is 26.3 Å². The number of alkyl halides is 6. The number of imidazole rings is 1. The zero-order valence-corrected chi connectivity index (χ0v) is 5.82. The summed E-state index contributed by atoms with van der Waals surface area (Å²) in [6, 6.07) is 0. The highest BCUT2D eigenvalue weighted by Gasteiger charge is 2.42. The second-order valence-electron chi connectivity index (χ2n) is 2.11. The highest BCUT2D eigenvalue weighted by atomic mass is 19.4. The van der Waals surface area contributed by atoms with E-state index >= 15 is 0 Å². The smallest absolute Gasteiger partial charge is 0.244 e.